The predicted molar refractivity (Wildman–Crippen MR) is 155 cm³/mol. The third kappa shape index (κ3) is 14.4. The van der Waals surface area contributed by atoms with Crippen LogP contribution in [0.1, 0.15) is 161 Å². The molecule has 0 saturated carbocycles. The fourth-order valence-electron chi connectivity index (χ4n) is 7.37. The lowest BCUT2D eigenvalue weighted by Crippen LogP contribution is -2.36. The zero-order chi connectivity index (χ0) is 24.2. The van der Waals surface area contributed by atoms with Crippen molar-refractivity contribution in [2.45, 2.75) is 161 Å². The molecular formula is C33H64N2. The van der Waals surface area contributed by atoms with Crippen molar-refractivity contribution in [2.75, 3.05) is 39.3 Å². The molecular weight excluding hydrogens is 424 g/mol. The van der Waals surface area contributed by atoms with Crippen molar-refractivity contribution in [3.05, 3.63) is 0 Å². The maximum Gasteiger partial charge on any atom is 0.000966 e. The smallest absolute Gasteiger partial charge is 0.000966 e. The second-order valence-electron chi connectivity index (χ2n) is 12.9. The van der Waals surface area contributed by atoms with E-state index in [-0.39, 0.29) is 0 Å². The summed E-state index contributed by atoms with van der Waals surface area (Å²) in [6.45, 7) is 8.37. The van der Waals surface area contributed by atoms with Crippen LogP contribution in [-0.2, 0) is 0 Å². The monoisotopic (exact) mass is 489 g/mol. The molecule has 3 aliphatic rings. The van der Waals surface area contributed by atoms with E-state index in [0.29, 0.717) is 0 Å². The van der Waals surface area contributed by atoms with Gasteiger partial charge < -0.3 is 9.80 Å². The largest absolute Gasteiger partial charge is 0.303 e. The normalized spacial score (nSPS) is 33.6. The summed E-state index contributed by atoms with van der Waals surface area (Å²) < 4.78 is 0. The second kappa shape index (κ2) is 20.0. The molecule has 0 aromatic carbocycles. The summed E-state index contributed by atoms with van der Waals surface area (Å²) in [5.41, 5.74) is 0. The van der Waals surface area contributed by atoms with Gasteiger partial charge in [0.05, 0.1) is 0 Å². The standard InChI is InChI=1S/C33H64N2/c1-2-4-8-12-16-22-32-24-20-29-35(30-32)27-19-15-11-7-5-9-13-17-23-33-25-21-28-34(31-33)26-18-14-10-6-3-1/h32-33H,1-31H2. The van der Waals surface area contributed by atoms with Gasteiger partial charge in [-0.3, -0.25) is 0 Å². The summed E-state index contributed by atoms with van der Waals surface area (Å²) in [5, 5.41) is 0. The third-order valence-corrected chi connectivity index (χ3v) is 9.63. The van der Waals surface area contributed by atoms with Crippen LogP contribution < -0.4 is 0 Å². The molecule has 3 heterocycles. The number of nitrogens with zero attached hydrogens (tertiary/aromatic N) is 2. The van der Waals surface area contributed by atoms with Gasteiger partial charge >= 0.3 is 0 Å². The van der Waals surface area contributed by atoms with Crippen molar-refractivity contribution in [3.63, 3.8) is 0 Å². The van der Waals surface area contributed by atoms with E-state index in [1.165, 1.54) is 200 Å². The van der Waals surface area contributed by atoms with Gasteiger partial charge in [0.15, 0.2) is 0 Å². The first-order valence-electron chi connectivity index (χ1n) is 16.8. The van der Waals surface area contributed by atoms with E-state index in [9.17, 15) is 0 Å². The Morgan fingerprint density at radius 1 is 0.257 bits per heavy atom. The number of piperidine rings is 2. The Kier molecular flexibility index (Phi) is 16.8. The van der Waals surface area contributed by atoms with Crippen LogP contribution in [0.4, 0.5) is 0 Å². The fraction of sp³-hybridized carbons (Fsp3) is 1.00. The minimum absolute atomic E-state index is 1.01. The fourth-order valence-corrected chi connectivity index (χ4v) is 7.37. The first-order chi connectivity index (χ1) is 17.4. The van der Waals surface area contributed by atoms with Crippen LogP contribution in [0.25, 0.3) is 0 Å². The Bertz CT molecular complexity index is 436. The maximum absolute atomic E-state index is 2.82. The first-order valence-corrected chi connectivity index (χ1v) is 16.8. The summed E-state index contributed by atoms with van der Waals surface area (Å²) in [6.07, 6.45) is 37.1. The van der Waals surface area contributed by atoms with Crippen LogP contribution in [-0.4, -0.2) is 49.1 Å². The Labute approximate surface area is 221 Å². The average Bonchev–Trinajstić information content (AvgIpc) is 2.88. The average molecular weight is 489 g/mol. The van der Waals surface area contributed by atoms with Crippen LogP contribution in [0.15, 0.2) is 0 Å². The summed E-state index contributed by atoms with van der Waals surface area (Å²) in [4.78, 5) is 5.63. The third-order valence-electron chi connectivity index (χ3n) is 9.63. The van der Waals surface area contributed by atoms with Crippen molar-refractivity contribution in [3.8, 4) is 0 Å². The van der Waals surface area contributed by atoms with E-state index in [0.717, 1.165) is 11.8 Å². The van der Waals surface area contributed by atoms with Gasteiger partial charge in [-0.05, 0) is 89.4 Å². The molecule has 0 aromatic rings. The number of hydrogen-bond acceptors (Lipinski definition) is 2. The summed E-state index contributed by atoms with van der Waals surface area (Å²) in [7, 11) is 0. The van der Waals surface area contributed by atoms with Crippen molar-refractivity contribution in [2.24, 2.45) is 11.8 Å². The van der Waals surface area contributed by atoms with Gasteiger partial charge in [0.25, 0.3) is 0 Å². The molecule has 4 unspecified atom stereocenters. The van der Waals surface area contributed by atoms with E-state index in [2.05, 4.69) is 9.80 Å². The summed E-state index contributed by atoms with van der Waals surface area (Å²) in [6, 6.07) is 0. The van der Waals surface area contributed by atoms with Crippen LogP contribution in [0.3, 0.4) is 0 Å². The second-order valence-corrected chi connectivity index (χ2v) is 12.9. The van der Waals surface area contributed by atoms with Crippen LogP contribution in [0.5, 0.6) is 0 Å². The molecule has 4 bridgehead atoms. The molecule has 35 heavy (non-hydrogen) atoms. The summed E-state index contributed by atoms with van der Waals surface area (Å²) in [5.74, 6) is 2.02. The topological polar surface area (TPSA) is 6.48 Å². The quantitative estimate of drug-likeness (QED) is 0.335. The van der Waals surface area contributed by atoms with Crippen LogP contribution in [0.2, 0.25) is 0 Å². The number of rotatable bonds is 0. The Balaban J connectivity index is 1.30. The zero-order valence-corrected chi connectivity index (χ0v) is 24.0. The van der Waals surface area contributed by atoms with E-state index in [1.807, 2.05) is 0 Å². The highest BCUT2D eigenvalue weighted by Gasteiger charge is 2.20. The van der Waals surface area contributed by atoms with Crippen LogP contribution >= 0.6 is 0 Å². The molecule has 0 aliphatic carbocycles. The summed E-state index contributed by atoms with van der Waals surface area (Å²) >= 11 is 0. The van der Waals surface area contributed by atoms with E-state index < -0.39 is 0 Å². The maximum atomic E-state index is 2.82. The molecule has 0 amide bonds. The molecule has 2 heteroatoms. The zero-order valence-electron chi connectivity index (χ0n) is 24.0. The van der Waals surface area contributed by atoms with E-state index >= 15 is 0 Å². The minimum Gasteiger partial charge on any atom is -0.303 e. The van der Waals surface area contributed by atoms with Gasteiger partial charge in [-0.1, -0.05) is 109 Å². The lowest BCUT2D eigenvalue weighted by molar-refractivity contribution is 0.163. The lowest BCUT2D eigenvalue weighted by atomic mass is 9.92. The van der Waals surface area contributed by atoms with E-state index in [4.69, 9.17) is 0 Å². The van der Waals surface area contributed by atoms with Gasteiger partial charge in [0.1, 0.15) is 0 Å². The molecule has 0 radical (unpaired) electrons. The lowest BCUT2D eigenvalue weighted by Gasteiger charge is -2.33. The highest BCUT2D eigenvalue weighted by molar-refractivity contribution is 4.74. The molecule has 0 spiro atoms. The molecule has 3 saturated heterocycles. The Morgan fingerprint density at radius 3 is 0.886 bits per heavy atom. The molecule has 206 valence electrons. The van der Waals surface area contributed by atoms with Gasteiger partial charge in [0, 0.05) is 13.1 Å². The highest BCUT2D eigenvalue weighted by atomic mass is 15.1. The molecule has 3 aliphatic heterocycles. The predicted octanol–water partition coefficient (Wildman–Crippen LogP) is 9.62. The molecule has 3 rings (SSSR count). The van der Waals surface area contributed by atoms with Crippen molar-refractivity contribution >= 4 is 0 Å². The van der Waals surface area contributed by atoms with Crippen molar-refractivity contribution < 1.29 is 0 Å². The number of hydrogen-bond donors (Lipinski definition) is 0. The van der Waals surface area contributed by atoms with Gasteiger partial charge in [0.2, 0.25) is 0 Å². The molecule has 0 aromatic heterocycles. The molecule has 4 atom stereocenters. The van der Waals surface area contributed by atoms with Gasteiger partial charge in [-0.15, -0.1) is 0 Å². The Morgan fingerprint density at radius 2 is 0.514 bits per heavy atom. The molecule has 2 nitrogen and oxygen atoms in total. The highest BCUT2D eigenvalue weighted by Crippen LogP contribution is 2.25. The Hall–Kier alpha value is -0.0800. The molecule has 0 N–H and O–H groups in total. The number of fused-ring (bicyclic) bond motifs is 4. The van der Waals surface area contributed by atoms with Gasteiger partial charge in [-0.2, -0.15) is 0 Å². The first kappa shape index (κ1) is 29.5. The van der Waals surface area contributed by atoms with Crippen molar-refractivity contribution in [1.82, 2.24) is 9.80 Å². The van der Waals surface area contributed by atoms with E-state index in [1.54, 1.807) is 0 Å². The van der Waals surface area contributed by atoms with Gasteiger partial charge in [-0.25, -0.2) is 0 Å². The van der Waals surface area contributed by atoms with Crippen LogP contribution in [0, 0.1) is 11.8 Å². The SMILES string of the molecule is C1CCCCCCC2CCCN(CCCCCCCCCCC3CCCN(CCCCCC1)C3)C2. The van der Waals surface area contributed by atoms with Crippen molar-refractivity contribution in [1.29, 1.82) is 0 Å². The molecule has 3 fully saturated rings. The minimum atomic E-state index is 1.01.